The Balaban J connectivity index is 1.47. The standard InChI is InChI=1S/C21H33N3O2/c1-26-20-8-6-17(7-9-20)15-21(25)24-11-3-10-23(12-13-24)16-18-4-2-5-19(22)14-18/h6-9,18-19H,2-5,10-16,22H2,1H3/t18-,19+/m1/s1. The van der Waals surface area contributed by atoms with Crippen LogP contribution in [0.25, 0.3) is 0 Å². The molecule has 1 saturated carbocycles. The highest BCUT2D eigenvalue weighted by molar-refractivity contribution is 5.78. The zero-order valence-electron chi connectivity index (χ0n) is 16.0. The summed E-state index contributed by atoms with van der Waals surface area (Å²) in [6.07, 6.45) is 6.46. The lowest BCUT2D eigenvalue weighted by atomic mass is 9.86. The highest BCUT2D eigenvalue weighted by atomic mass is 16.5. The molecule has 0 spiro atoms. The molecule has 2 atom stereocenters. The molecule has 144 valence electrons. The number of benzene rings is 1. The van der Waals surface area contributed by atoms with Crippen LogP contribution in [0.15, 0.2) is 24.3 Å². The van der Waals surface area contributed by atoms with Crippen LogP contribution in [0.2, 0.25) is 0 Å². The van der Waals surface area contributed by atoms with E-state index in [1.807, 2.05) is 29.2 Å². The van der Waals surface area contributed by atoms with E-state index in [9.17, 15) is 4.79 Å². The molecular weight excluding hydrogens is 326 g/mol. The minimum atomic E-state index is 0.233. The molecule has 0 bridgehead atoms. The van der Waals surface area contributed by atoms with E-state index in [1.165, 1.54) is 19.3 Å². The highest BCUT2D eigenvalue weighted by Gasteiger charge is 2.24. The monoisotopic (exact) mass is 359 g/mol. The maximum atomic E-state index is 12.7. The van der Waals surface area contributed by atoms with Crippen molar-refractivity contribution in [2.75, 3.05) is 39.8 Å². The van der Waals surface area contributed by atoms with Crippen molar-refractivity contribution in [2.45, 2.75) is 44.6 Å². The van der Waals surface area contributed by atoms with Crippen molar-refractivity contribution < 1.29 is 9.53 Å². The molecular formula is C21H33N3O2. The zero-order chi connectivity index (χ0) is 18.4. The summed E-state index contributed by atoms with van der Waals surface area (Å²) in [6.45, 7) is 4.94. The minimum absolute atomic E-state index is 0.233. The quantitative estimate of drug-likeness (QED) is 0.876. The van der Waals surface area contributed by atoms with Gasteiger partial charge in [0.15, 0.2) is 0 Å². The highest BCUT2D eigenvalue weighted by Crippen LogP contribution is 2.24. The number of hydrogen-bond acceptors (Lipinski definition) is 4. The fraction of sp³-hybridized carbons (Fsp3) is 0.667. The maximum Gasteiger partial charge on any atom is 0.227 e. The second-order valence-corrected chi connectivity index (χ2v) is 7.85. The lowest BCUT2D eigenvalue weighted by Gasteiger charge is -2.31. The summed E-state index contributed by atoms with van der Waals surface area (Å²) >= 11 is 0. The first kappa shape index (κ1) is 19.2. The van der Waals surface area contributed by atoms with Crippen molar-refractivity contribution in [3.63, 3.8) is 0 Å². The zero-order valence-corrected chi connectivity index (χ0v) is 16.0. The molecule has 0 aromatic heterocycles. The Kier molecular flexibility index (Phi) is 6.92. The molecule has 1 amide bonds. The second-order valence-electron chi connectivity index (χ2n) is 7.85. The molecule has 0 radical (unpaired) electrons. The van der Waals surface area contributed by atoms with Crippen molar-refractivity contribution in [3.05, 3.63) is 29.8 Å². The number of carbonyl (C=O) groups is 1. The lowest BCUT2D eigenvalue weighted by Crippen LogP contribution is -2.39. The van der Waals surface area contributed by atoms with Gasteiger partial charge in [-0.3, -0.25) is 4.79 Å². The summed E-state index contributed by atoms with van der Waals surface area (Å²) in [5, 5.41) is 0. The number of carbonyl (C=O) groups excluding carboxylic acids is 1. The van der Waals surface area contributed by atoms with Crippen molar-refractivity contribution in [1.82, 2.24) is 9.80 Å². The molecule has 2 aliphatic rings. The SMILES string of the molecule is COc1ccc(CC(=O)N2CCCN(C[C@@H]3CCC[C@H](N)C3)CC2)cc1. The third-order valence-corrected chi connectivity index (χ3v) is 5.80. The van der Waals surface area contributed by atoms with Crippen LogP contribution in [-0.4, -0.2) is 61.6 Å². The Morgan fingerprint density at radius 3 is 2.65 bits per heavy atom. The lowest BCUT2D eigenvalue weighted by molar-refractivity contribution is -0.130. The number of nitrogens with two attached hydrogens (primary N) is 1. The van der Waals surface area contributed by atoms with Gasteiger partial charge in [-0.1, -0.05) is 18.6 Å². The van der Waals surface area contributed by atoms with Crippen molar-refractivity contribution >= 4 is 5.91 Å². The largest absolute Gasteiger partial charge is 0.497 e. The molecule has 1 heterocycles. The summed E-state index contributed by atoms with van der Waals surface area (Å²) in [7, 11) is 1.66. The van der Waals surface area contributed by atoms with E-state index in [0.717, 1.165) is 62.8 Å². The summed E-state index contributed by atoms with van der Waals surface area (Å²) < 4.78 is 5.18. The number of nitrogens with zero attached hydrogens (tertiary/aromatic N) is 2. The summed E-state index contributed by atoms with van der Waals surface area (Å²) in [6, 6.07) is 8.19. The van der Waals surface area contributed by atoms with Crippen LogP contribution in [-0.2, 0) is 11.2 Å². The Labute approximate surface area is 157 Å². The number of ether oxygens (including phenoxy) is 1. The van der Waals surface area contributed by atoms with Gasteiger partial charge >= 0.3 is 0 Å². The van der Waals surface area contributed by atoms with Gasteiger partial charge in [0.25, 0.3) is 0 Å². The number of rotatable bonds is 5. The van der Waals surface area contributed by atoms with Gasteiger partial charge in [0.1, 0.15) is 5.75 Å². The van der Waals surface area contributed by atoms with Crippen LogP contribution in [0.4, 0.5) is 0 Å². The topological polar surface area (TPSA) is 58.8 Å². The van der Waals surface area contributed by atoms with Crippen molar-refractivity contribution in [1.29, 1.82) is 0 Å². The molecule has 2 N–H and O–H groups in total. The second kappa shape index (κ2) is 9.38. The van der Waals surface area contributed by atoms with E-state index in [4.69, 9.17) is 10.5 Å². The fourth-order valence-corrected chi connectivity index (χ4v) is 4.30. The fourth-order valence-electron chi connectivity index (χ4n) is 4.30. The third-order valence-electron chi connectivity index (χ3n) is 5.80. The molecule has 2 fully saturated rings. The number of methoxy groups -OCH3 is 1. The molecule has 1 aromatic carbocycles. The van der Waals surface area contributed by atoms with E-state index >= 15 is 0 Å². The van der Waals surface area contributed by atoms with Crippen LogP contribution in [0.1, 0.15) is 37.7 Å². The normalized spacial score (nSPS) is 24.9. The minimum Gasteiger partial charge on any atom is -0.497 e. The van der Waals surface area contributed by atoms with Gasteiger partial charge in [-0.15, -0.1) is 0 Å². The van der Waals surface area contributed by atoms with Crippen LogP contribution in [0.5, 0.6) is 5.75 Å². The van der Waals surface area contributed by atoms with Crippen LogP contribution < -0.4 is 10.5 Å². The Morgan fingerprint density at radius 2 is 1.92 bits per heavy atom. The van der Waals surface area contributed by atoms with Gasteiger partial charge in [-0.2, -0.15) is 0 Å². The van der Waals surface area contributed by atoms with Crippen LogP contribution in [0.3, 0.4) is 0 Å². The molecule has 26 heavy (non-hydrogen) atoms. The van der Waals surface area contributed by atoms with Gasteiger partial charge in [0.2, 0.25) is 5.91 Å². The molecule has 1 aromatic rings. The van der Waals surface area contributed by atoms with Gasteiger partial charge in [-0.05, 0) is 55.8 Å². The third kappa shape index (κ3) is 5.45. The maximum absolute atomic E-state index is 12.7. The van der Waals surface area contributed by atoms with E-state index in [1.54, 1.807) is 7.11 Å². The molecule has 5 nitrogen and oxygen atoms in total. The van der Waals surface area contributed by atoms with E-state index in [-0.39, 0.29) is 5.91 Å². The van der Waals surface area contributed by atoms with Crippen molar-refractivity contribution in [2.24, 2.45) is 11.7 Å². The predicted octanol–water partition coefficient (Wildman–Crippen LogP) is 2.29. The first-order valence-corrected chi connectivity index (χ1v) is 10.0. The smallest absolute Gasteiger partial charge is 0.227 e. The Morgan fingerprint density at radius 1 is 1.12 bits per heavy atom. The predicted molar refractivity (Wildman–Crippen MR) is 104 cm³/mol. The molecule has 1 aliphatic carbocycles. The Hall–Kier alpha value is -1.59. The Bertz CT molecular complexity index is 575. The van der Waals surface area contributed by atoms with Crippen LogP contribution in [0, 0.1) is 5.92 Å². The van der Waals surface area contributed by atoms with E-state index in [2.05, 4.69) is 4.90 Å². The summed E-state index contributed by atoms with van der Waals surface area (Å²) in [4.78, 5) is 17.3. The first-order valence-electron chi connectivity index (χ1n) is 10.0. The average molecular weight is 360 g/mol. The van der Waals surface area contributed by atoms with Gasteiger partial charge < -0.3 is 20.3 Å². The molecule has 0 unspecified atom stereocenters. The molecule has 1 aliphatic heterocycles. The van der Waals surface area contributed by atoms with Gasteiger partial charge in [0.05, 0.1) is 13.5 Å². The van der Waals surface area contributed by atoms with Gasteiger partial charge in [-0.25, -0.2) is 0 Å². The van der Waals surface area contributed by atoms with Crippen molar-refractivity contribution in [3.8, 4) is 5.75 Å². The average Bonchev–Trinajstić information content (AvgIpc) is 2.88. The molecule has 3 rings (SSSR count). The number of amides is 1. The first-order chi connectivity index (χ1) is 12.6. The van der Waals surface area contributed by atoms with Crippen LogP contribution >= 0.6 is 0 Å². The summed E-state index contributed by atoms with van der Waals surface area (Å²) in [5.74, 6) is 1.80. The molecule has 5 heteroatoms. The van der Waals surface area contributed by atoms with E-state index in [0.29, 0.717) is 12.5 Å². The molecule has 1 saturated heterocycles. The van der Waals surface area contributed by atoms with E-state index < -0.39 is 0 Å². The van der Waals surface area contributed by atoms with Gasteiger partial charge in [0, 0.05) is 32.2 Å². The summed E-state index contributed by atoms with van der Waals surface area (Å²) in [5.41, 5.74) is 7.18. The number of hydrogen-bond donors (Lipinski definition) is 1.